The van der Waals surface area contributed by atoms with Crippen LogP contribution in [0.1, 0.15) is 18.1 Å². The molecular formula is C21H21FN2O3. The number of halogens is 1. The minimum atomic E-state index is -0.364. The van der Waals surface area contributed by atoms with Crippen LogP contribution in [-0.4, -0.2) is 29.0 Å². The molecule has 0 saturated carbocycles. The molecule has 0 amide bonds. The Kier molecular flexibility index (Phi) is 5.98. The molecule has 2 aromatic carbocycles. The van der Waals surface area contributed by atoms with Gasteiger partial charge in [-0.2, -0.15) is 0 Å². The first-order valence-corrected chi connectivity index (χ1v) is 8.78. The molecule has 1 heterocycles. The summed E-state index contributed by atoms with van der Waals surface area (Å²) in [6, 6.07) is 15.4. The highest BCUT2D eigenvalue weighted by Crippen LogP contribution is 2.13. The second-order valence-corrected chi connectivity index (χ2v) is 6.29. The van der Waals surface area contributed by atoms with Crippen molar-refractivity contribution in [1.82, 2.24) is 9.88 Å². The van der Waals surface area contributed by atoms with Gasteiger partial charge in [-0.15, -0.1) is 0 Å². The van der Waals surface area contributed by atoms with E-state index in [1.54, 1.807) is 19.1 Å². The van der Waals surface area contributed by atoms with Gasteiger partial charge >= 0.3 is 5.97 Å². The third-order valence-electron chi connectivity index (χ3n) is 4.20. The number of hydrogen-bond donors (Lipinski definition) is 1. The van der Waals surface area contributed by atoms with Crippen molar-refractivity contribution < 1.29 is 13.9 Å². The smallest absolute Gasteiger partial charge is 0.320 e. The van der Waals surface area contributed by atoms with Gasteiger partial charge in [-0.05, 0) is 42.1 Å². The van der Waals surface area contributed by atoms with Gasteiger partial charge in [-0.25, -0.2) is 4.39 Å². The van der Waals surface area contributed by atoms with Crippen LogP contribution in [0, 0.1) is 5.82 Å². The number of aromatic nitrogens is 1. The van der Waals surface area contributed by atoms with Gasteiger partial charge in [0.25, 0.3) is 5.56 Å². The van der Waals surface area contributed by atoms with E-state index in [9.17, 15) is 14.0 Å². The van der Waals surface area contributed by atoms with Crippen LogP contribution in [-0.2, 0) is 22.6 Å². The lowest BCUT2D eigenvalue weighted by molar-refractivity contribution is -0.144. The average Bonchev–Trinajstić information content (AvgIpc) is 2.64. The first kappa shape index (κ1) is 18.8. The van der Waals surface area contributed by atoms with Crippen LogP contribution in [0.25, 0.3) is 10.9 Å². The molecule has 0 bridgehead atoms. The summed E-state index contributed by atoms with van der Waals surface area (Å²) >= 11 is 0. The molecule has 5 nitrogen and oxygen atoms in total. The molecule has 1 N–H and O–H groups in total. The lowest BCUT2D eigenvalue weighted by Gasteiger charge is -2.21. The minimum absolute atomic E-state index is 0.0392. The number of hydrogen-bond acceptors (Lipinski definition) is 4. The fraction of sp³-hybridized carbons (Fsp3) is 0.238. The van der Waals surface area contributed by atoms with Crippen molar-refractivity contribution in [2.45, 2.75) is 20.0 Å². The highest BCUT2D eigenvalue weighted by atomic mass is 19.1. The zero-order valence-electron chi connectivity index (χ0n) is 15.1. The van der Waals surface area contributed by atoms with Gasteiger partial charge in [0, 0.05) is 24.2 Å². The fourth-order valence-corrected chi connectivity index (χ4v) is 2.96. The van der Waals surface area contributed by atoms with Crippen LogP contribution in [0.2, 0.25) is 0 Å². The highest BCUT2D eigenvalue weighted by molar-refractivity contribution is 5.78. The summed E-state index contributed by atoms with van der Waals surface area (Å²) in [5.74, 6) is -0.682. The number of carbonyl (C=O) groups excluding carboxylic acids is 1. The molecule has 0 aliphatic carbocycles. The number of nitrogens with zero attached hydrogens (tertiary/aromatic N) is 1. The van der Waals surface area contributed by atoms with Gasteiger partial charge in [0.2, 0.25) is 0 Å². The van der Waals surface area contributed by atoms with Crippen LogP contribution in [0.3, 0.4) is 0 Å². The van der Waals surface area contributed by atoms with E-state index in [1.807, 2.05) is 35.2 Å². The monoisotopic (exact) mass is 368 g/mol. The molecule has 0 fully saturated rings. The summed E-state index contributed by atoms with van der Waals surface area (Å²) in [5.41, 5.74) is 1.97. The summed E-state index contributed by atoms with van der Waals surface area (Å²) in [6.45, 7) is 2.75. The zero-order chi connectivity index (χ0) is 19.2. The van der Waals surface area contributed by atoms with Gasteiger partial charge in [0.15, 0.2) is 0 Å². The maximum Gasteiger partial charge on any atom is 0.320 e. The van der Waals surface area contributed by atoms with E-state index in [1.165, 1.54) is 12.1 Å². The number of pyridine rings is 1. The van der Waals surface area contributed by atoms with Gasteiger partial charge in [0.05, 0.1) is 13.2 Å². The zero-order valence-corrected chi connectivity index (χ0v) is 15.1. The minimum Gasteiger partial charge on any atom is -0.465 e. The number of nitrogens with one attached hydrogen (secondary N) is 1. The molecule has 0 aliphatic heterocycles. The van der Waals surface area contributed by atoms with Gasteiger partial charge < -0.3 is 9.72 Å². The van der Waals surface area contributed by atoms with E-state index in [4.69, 9.17) is 4.74 Å². The number of rotatable bonds is 7. The topological polar surface area (TPSA) is 62.4 Å². The SMILES string of the molecule is CCOC(=O)CN(Cc1ccc(F)cc1)Cc1cc2ccccc2[nH]c1=O. The van der Waals surface area contributed by atoms with Crippen molar-refractivity contribution in [2.24, 2.45) is 0 Å². The number of esters is 1. The van der Waals surface area contributed by atoms with Crippen molar-refractivity contribution in [2.75, 3.05) is 13.2 Å². The molecule has 27 heavy (non-hydrogen) atoms. The second-order valence-electron chi connectivity index (χ2n) is 6.29. The maximum absolute atomic E-state index is 13.1. The number of fused-ring (bicyclic) bond motifs is 1. The Labute approximate surface area is 156 Å². The van der Waals surface area contributed by atoms with Crippen LogP contribution < -0.4 is 5.56 Å². The van der Waals surface area contributed by atoms with Gasteiger partial charge in [-0.3, -0.25) is 14.5 Å². The molecule has 0 spiro atoms. The largest absolute Gasteiger partial charge is 0.465 e. The summed E-state index contributed by atoms with van der Waals surface area (Å²) < 4.78 is 18.2. The Hall–Kier alpha value is -2.99. The lowest BCUT2D eigenvalue weighted by atomic mass is 10.1. The van der Waals surface area contributed by atoms with E-state index in [0.29, 0.717) is 18.7 Å². The Balaban J connectivity index is 1.85. The number of para-hydroxylation sites is 1. The third kappa shape index (κ3) is 5.01. The molecule has 0 aliphatic rings. The molecule has 1 aromatic heterocycles. The average molecular weight is 368 g/mol. The molecule has 0 atom stereocenters. The van der Waals surface area contributed by atoms with Crippen molar-refractivity contribution in [3.05, 3.63) is 81.9 Å². The van der Waals surface area contributed by atoms with E-state index < -0.39 is 0 Å². The van der Waals surface area contributed by atoms with E-state index >= 15 is 0 Å². The molecule has 0 unspecified atom stereocenters. The molecular weight excluding hydrogens is 347 g/mol. The van der Waals surface area contributed by atoms with Crippen molar-refractivity contribution in [3.8, 4) is 0 Å². The van der Waals surface area contributed by atoms with Crippen LogP contribution in [0.4, 0.5) is 4.39 Å². The first-order valence-electron chi connectivity index (χ1n) is 8.78. The first-order chi connectivity index (χ1) is 13.0. The van der Waals surface area contributed by atoms with Crippen LogP contribution in [0.15, 0.2) is 59.4 Å². The van der Waals surface area contributed by atoms with E-state index in [0.717, 1.165) is 16.5 Å². The number of benzene rings is 2. The standard InChI is InChI=1S/C21H21FN2O3/c1-2-27-20(25)14-24(12-15-7-9-18(22)10-8-15)13-17-11-16-5-3-4-6-19(16)23-21(17)26/h3-11H,2,12-14H2,1H3,(H,23,26). The Morgan fingerprint density at radius 3 is 2.59 bits per heavy atom. The molecule has 0 radical (unpaired) electrons. The fourth-order valence-electron chi connectivity index (χ4n) is 2.96. The number of carbonyl (C=O) groups is 1. The lowest BCUT2D eigenvalue weighted by Crippen LogP contribution is -2.32. The normalized spacial score (nSPS) is 11.1. The quantitative estimate of drug-likeness (QED) is 0.651. The predicted molar refractivity (Wildman–Crippen MR) is 102 cm³/mol. The number of H-pyrrole nitrogens is 1. The second kappa shape index (κ2) is 8.60. The summed E-state index contributed by atoms with van der Waals surface area (Å²) in [4.78, 5) is 29.1. The van der Waals surface area contributed by atoms with Crippen molar-refractivity contribution in [3.63, 3.8) is 0 Å². The molecule has 0 saturated heterocycles. The van der Waals surface area contributed by atoms with Crippen LogP contribution >= 0.6 is 0 Å². The Morgan fingerprint density at radius 2 is 1.85 bits per heavy atom. The van der Waals surface area contributed by atoms with E-state index in [2.05, 4.69) is 4.98 Å². The van der Waals surface area contributed by atoms with E-state index in [-0.39, 0.29) is 30.4 Å². The Bertz CT molecular complexity index is 983. The van der Waals surface area contributed by atoms with Crippen molar-refractivity contribution in [1.29, 1.82) is 0 Å². The molecule has 6 heteroatoms. The number of ether oxygens (including phenoxy) is 1. The highest BCUT2D eigenvalue weighted by Gasteiger charge is 2.15. The summed E-state index contributed by atoms with van der Waals surface area (Å²) in [6.07, 6.45) is 0. The summed E-state index contributed by atoms with van der Waals surface area (Å²) in [5, 5.41) is 0.921. The third-order valence-corrected chi connectivity index (χ3v) is 4.20. The maximum atomic E-state index is 13.1. The van der Waals surface area contributed by atoms with Crippen LogP contribution in [0.5, 0.6) is 0 Å². The van der Waals surface area contributed by atoms with Gasteiger partial charge in [-0.1, -0.05) is 30.3 Å². The molecule has 140 valence electrons. The van der Waals surface area contributed by atoms with Gasteiger partial charge in [0.1, 0.15) is 5.82 Å². The summed E-state index contributed by atoms with van der Waals surface area (Å²) in [7, 11) is 0. The Morgan fingerprint density at radius 1 is 1.11 bits per heavy atom. The number of aromatic amines is 1. The predicted octanol–water partition coefficient (Wildman–Crippen LogP) is 3.23. The molecule has 3 aromatic rings. The van der Waals surface area contributed by atoms with Crippen molar-refractivity contribution >= 4 is 16.9 Å². The molecule has 3 rings (SSSR count).